The fourth-order valence-corrected chi connectivity index (χ4v) is 3.23. The molecule has 0 saturated heterocycles. The Hall–Kier alpha value is -1.75. The summed E-state index contributed by atoms with van der Waals surface area (Å²) < 4.78 is 43.5. The average molecular weight is 366 g/mol. The van der Waals surface area contributed by atoms with Gasteiger partial charge in [-0.05, 0) is 12.1 Å². The number of alkyl halides is 3. The third kappa shape index (κ3) is 5.75. The summed E-state index contributed by atoms with van der Waals surface area (Å²) in [7, 11) is 1.68. The summed E-state index contributed by atoms with van der Waals surface area (Å²) in [4.78, 5) is 12.8. The molecule has 0 unspecified atom stereocenters. The van der Waals surface area contributed by atoms with Gasteiger partial charge in [0.05, 0.1) is 18.6 Å². The van der Waals surface area contributed by atoms with Crippen LogP contribution in [0.1, 0.15) is 5.76 Å². The number of carbonyl (C=O) groups is 1. The van der Waals surface area contributed by atoms with Crippen molar-refractivity contribution in [3.8, 4) is 0 Å². The Balaban J connectivity index is 1.97. The molecule has 0 aliphatic rings. The van der Waals surface area contributed by atoms with Gasteiger partial charge in [0.25, 0.3) is 0 Å². The molecular formula is C12H13F3N4O2S2. The number of nitrogens with zero attached hydrogens (tertiary/aromatic N) is 3. The number of amides is 1. The predicted octanol–water partition coefficient (Wildman–Crippen LogP) is 2.86. The van der Waals surface area contributed by atoms with E-state index >= 15 is 0 Å². The lowest BCUT2D eigenvalue weighted by atomic mass is 10.3. The lowest BCUT2D eigenvalue weighted by Gasteiger charge is -2.22. The summed E-state index contributed by atoms with van der Waals surface area (Å²) in [6.07, 6.45) is -3.13. The molecule has 0 fully saturated rings. The van der Waals surface area contributed by atoms with E-state index in [1.54, 1.807) is 13.1 Å². The van der Waals surface area contributed by atoms with Gasteiger partial charge in [-0.3, -0.25) is 4.79 Å². The second kappa shape index (κ2) is 7.68. The predicted molar refractivity (Wildman–Crippen MR) is 80.4 cm³/mol. The van der Waals surface area contributed by atoms with Crippen LogP contribution in [0.25, 0.3) is 0 Å². The van der Waals surface area contributed by atoms with Crippen LogP contribution >= 0.6 is 23.1 Å². The number of anilines is 1. The summed E-state index contributed by atoms with van der Waals surface area (Å²) in [6, 6.07) is 3.08. The Labute approximate surface area is 138 Å². The third-order valence-corrected chi connectivity index (χ3v) is 4.65. The fourth-order valence-electron chi connectivity index (χ4n) is 1.62. The van der Waals surface area contributed by atoms with Crippen LogP contribution in [0.4, 0.5) is 18.3 Å². The fraction of sp³-hybridized carbons (Fsp3) is 0.417. The van der Waals surface area contributed by atoms with Crippen molar-refractivity contribution in [1.29, 1.82) is 0 Å². The van der Waals surface area contributed by atoms with Crippen molar-refractivity contribution >= 4 is 34.1 Å². The molecule has 2 aromatic rings. The Kier molecular flexibility index (Phi) is 5.88. The summed E-state index contributed by atoms with van der Waals surface area (Å²) in [5.74, 6) is -0.513. The Bertz CT molecular complexity index is 631. The molecule has 23 heavy (non-hydrogen) atoms. The molecule has 2 rings (SSSR count). The number of hydrogen-bond acceptors (Lipinski definition) is 7. The van der Waals surface area contributed by atoms with E-state index in [4.69, 9.17) is 4.42 Å². The zero-order valence-corrected chi connectivity index (χ0v) is 13.6. The summed E-state index contributed by atoms with van der Waals surface area (Å²) >= 11 is 2.27. The molecule has 0 saturated carbocycles. The zero-order valence-electron chi connectivity index (χ0n) is 12.0. The highest BCUT2D eigenvalue weighted by Gasteiger charge is 2.33. The molecular weight excluding hydrogens is 353 g/mol. The van der Waals surface area contributed by atoms with Crippen LogP contribution in [0.15, 0.2) is 27.2 Å². The quantitative estimate of drug-likeness (QED) is 0.760. The number of aromatic nitrogens is 2. The number of furan rings is 1. The number of thioether (sulfide) groups is 1. The van der Waals surface area contributed by atoms with Gasteiger partial charge in [0.15, 0.2) is 4.34 Å². The lowest BCUT2D eigenvalue weighted by molar-refractivity contribution is -0.161. The van der Waals surface area contributed by atoms with Crippen LogP contribution in [0.5, 0.6) is 0 Å². The highest BCUT2D eigenvalue weighted by Crippen LogP contribution is 2.26. The van der Waals surface area contributed by atoms with E-state index in [0.717, 1.165) is 11.8 Å². The topological polar surface area (TPSA) is 71.3 Å². The van der Waals surface area contributed by atoms with Crippen molar-refractivity contribution in [2.75, 3.05) is 24.7 Å². The number of hydrogen-bond donors (Lipinski definition) is 1. The van der Waals surface area contributed by atoms with Crippen LogP contribution in [-0.2, 0) is 11.3 Å². The number of rotatable bonds is 7. The van der Waals surface area contributed by atoms with Crippen molar-refractivity contribution in [2.24, 2.45) is 0 Å². The van der Waals surface area contributed by atoms with Crippen molar-refractivity contribution in [3.63, 3.8) is 0 Å². The van der Waals surface area contributed by atoms with E-state index in [0.29, 0.717) is 20.1 Å². The molecule has 0 radical (unpaired) electrons. The summed E-state index contributed by atoms with van der Waals surface area (Å²) in [6.45, 7) is -1.56. The highest BCUT2D eigenvalue weighted by molar-refractivity contribution is 8.01. The van der Waals surface area contributed by atoms with Gasteiger partial charge in [-0.15, -0.1) is 10.2 Å². The van der Waals surface area contributed by atoms with Gasteiger partial charge in [-0.25, -0.2) is 0 Å². The molecule has 0 spiro atoms. The molecule has 6 nitrogen and oxygen atoms in total. The monoisotopic (exact) mass is 366 g/mol. The standard InChI is InChI=1S/C12H13F3N4O2S2/c1-16-10-17-18-11(23-10)22-6-9(20)19(7-12(13,14)15)5-8-3-2-4-21-8/h2-4H,5-7H2,1H3,(H,16,17). The van der Waals surface area contributed by atoms with Crippen LogP contribution < -0.4 is 5.32 Å². The van der Waals surface area contributed by atoms with E-state index in [-0.39, 0.29) is 12.3 Å². The van der Waals surface area contributed by atoms with E-state index in [1.165, 1.54) is 23.7 Å². The molecule has 1 N–H and O–H groups in total. The van der Waals surface area contributed by atoms with Crippen molar-refractivity contribution in [1.82, 2.24) is 15.1 Å². The largest absolute Gasteiger partial charge is 0.467 e. The van der Waals surface area contributed by atoms with E-state index in [2.05, 4.69) is 15.5 Å². The minimum atomic E-state index is -4.48. The highest BCUT2D eigenvalue weighted by atomic mass is 32.2. The van der Waals surface area contributed by atoms with Gasteiger partial charge >= 0.3 is 6.18 Å². The van der Waals surface area contributed by atoms with Crippen LogP contribution in [0, 0.1) is 0 Å². The van der Waals surface area contributed by atoms with Crippen molar-refractivity contribution in [2.45, 2.75) is 17.1 Å². The van der Waals surface area contributed by atoms with E-state index in [1.807, 2.05) is 0 Å². The van der Waals surface area contributed by atoms with E-state index < -0.39 is 18.6 Å². The molecule has 0 aliphatic carbocycles. The summed E-state index contributed by atoms with van der Waals surface area (Å²) in [5, 5.41) is 11.0. The zero-order chi connectivity index (χ0) is 16.9. The minimum Gasteiger partial charge on any atom is -0.467 e. The molecule has 0 bridgehead atoms. The van der Waals surface area contributed by atoms with Gasteiger partial charge in [-0.1, -0.05) is 23.1 Å². The van der Waals surface area contributed by atoms with Gasteiger partial charge in [0, 0.05) is 7.05 Å². The maximum absolute atomic E-state index is 12.6. The van der Waals surface area contributed by atoms with Gasteiger partial charge < -0.3 is 14.6 Å². The average Bonchev–Trinajstić information content (AvgIpc) is 3.13. The molecule has 2 heterocycles. The van der Waals surface area contributed by atoms with Gasteiger partial charge in [0.2, 0.25) is 11.0 Å². The van der Waals surface area contributed by atoms with Crippen LogP contribution in [0.2, 0.25) is 0 Å². The van der Waals surface area contributed by atoms with Gasteiger partial charge in [0.1, 0.15) is 12.3 Å². The van der Waals surface area contributed by atoms with E-state index in [9.17, 15) is 18.0 Å². The first-order valence-electron chi connectivity index (χ1n) is 6.38. The molecule has 0 atom stereocenters. The number of halogens is 3. The smallest absolute Gasteiger partial charge is 0.406 e. The molecule has 11 heteroatoms. The normalized spacial score (nSPS) is 11.5. The molecule has 0 aliphatic heterocycles. The van der Waals surface area contributed by atoms with Crippen molar-refractivity contribution < 1.29 is 22.4 Å². The number of nitrogens with one attached hydrogen (secondary N) is 1. The first-order chi connectivity index (χ1) is 10.9. The number of carbonyl (C=O) groups excluding carboxylic acids is 1. The first kappa shape index (κ1) is 17.6. The third-order valence-electron chi connectivity index (χ3n) is 2.59. The maximum Gasteiger partial charge on any atom is 0.406 e. The molecule has 1 amide bonds. The maximum atomic E-state index is 12.6. The molecule has 126 valence electrons. The van der Waals surface area contributed by atoms with Gasteiger partial charge in [-0.2, -0.15) is 13.2 Å². The van der Waals surface area contributed by atoms with Crippen molar-refractivity contribution in [3.05, 3.63) is 24.2 Å². The Morgan fingerprint density at radius 3 is 2.83 bits per heavy atom. The lowest BCUT2D eigenvalue weighted by Crippen LogP contribution is -2.39. The van der Waals surface area contributed by atoms with Crippen LogP contribution in [0.3, 0.4) is 0 Å². The Morgan fingerprint density at radius 1 is 1.48 bits per heavy atom. The second-order valence-electron chi connectivity index (χ2n) is 4.36. The SMILES string of the molecule is CNc1nnc(SCC(=O)N(Cc2ccco2)CC(F)(F)F)s1. The molecule has 0 aromatic carbocycles. The summed E-state index contributed by atoms with van der Waals surface area (Å²) in [5.41, 5.74) is 0. The second-order valence-corrected chi connectivity index (χ2v) is 6.56. The first-order valence-corrected chi connectivity index (χ1v) is 8.18. The minimum absolute atomic E-state index is 0.158. The molecule has 2 aromatic heterocycles. The van der Waals surface area contributed by atoms with Crippen LogP contribution in [-0.4, -0.2) is 46.5 Å². The Morgan fingerprint density at radius 2 is 2.26 bits per heavy atom.